The van der Waals surface area contributed by atoms with E-state index in [4.69, 9.17) is 22.1 Å². The second kappa shape index (κ2) is 14.9. The third-order valence-corrected chi connectivity index (χ3v) is 6.34. The van der Waals surface area contributed by atoms with Crippen LogP contribution in [0.15, 0.2) is 42.5 Å². The van der Waals surface area contributed by atoms with Gasteiger partial charge in [-0.2, -0.15) is 13.2 Å². The van der Waals surface area contributed by atoms with Gasteiger partial charge in [-0.25, -0.2) is 9.40 Å². The lowest BCUT2D eigenvalue weighted by molar-refractivity contribution is -0.154. The fourth-order valence-electron chi connectivity index (χ4n) is 3.77. The fraction of sp³-hybridized carbons (Fsp3) is 0.393. The van der Waals surface area contributed by atoms with Gasteiger partial charge in [0.15, 0.2) is 6.67 Å². The Hall–Kier alpha value is -4.40. The van der Waals surface area contributed by atoms with Crippen molar-refractivity contribution in [1.29, 1.82) is 0 Å². The van der Waals surface area contributed by atoms with E-state index in [0.29, 0.717) is 6.07 Å². The van der Waals surface area contributed by atoms with Crippen LogP contribution < -0.4 is 21.8 Å². The second-order valence-corrected chi connectivity index (χ2v) is 10.9. The summed E-state index contributed by atoms with van der Waals surface area (Å²) in [6, 6.07) is 4.11. The van der Waals surface area contributed by atoms with E-state index in [9.17, 15) is 41.5 Å². The molecule has 0 heterocycles. The van der Waals surface area contributed by atoms with Gasteiger partial charge in [0.2, 0.25) is 5.91 Å². The van der Waals surface area contributed by atoms with Gasteiger partial charge in [0, 0.05) is 5.56 Å². The maximum absolute atomic E-state index is 13.6. The smallest absolute Gasteiger partial charge is 0.416 e. The monoisotopic (exact) mass is 645 g/mol. The van der Waals surface area contributed by atoms with Gasteiger partial charge >= 0.3 is 12.1 Å². The molecule has 4 amide bonds. The van der Waals surface area contributed by atoms with Crippen LogP contribution in [-0.2, 0) is 30.1 Å². The average molecular weight is 646 g/mol. The second-order valence-electron chi connectivity index (χ2n) is 10.5. The summed E-state index contributed by atoms with van der Waals surface area (Å²) in [6.45, 7) is 3.51. The van der Waals surface area contributed by atoms with Gasteiger partial charge in [-0.3, -0.25) is 29.4 Å². The number of benzene rings is 2. The number of nitrogens with zero attached hydrogens (tertiary/aromatic N) is 1. The highest BCUT2D eigenvalue weighted by Crippen LogP contribution is 2.31. The number of hydrogen-bond acceptors (Lipinski definition) is 7. The molecular formula is C28H32ClF4N5O6. The lowest BCUT2D eigenvalue weighted by Crippen LogP contribution is -2.57. The zero-order valence-electron chi connectivity index (χ0n) is 24.2. The quantitative estimate of drug-likeness (QED) is 0.133. The first-order valence-electron chi connectivity index (χ1n) is 13.0. The summed E-state index contributed by atoms with van der Waals surface area (Å²) in [5.41, 5.74) is 5.33. The van der Waals surface area contributed by atoms with Crippen LogP contribution in [0.2, 0.25) is 5.02 Å². The number of hydrazine groups is 1. The Kier molecular flexibility index (Phi) is 12.1. The molecule has 0 radical (unpaired) electrons. The summed E-state index contributed by atoms with van der Waals surface area (Å²) < 4.78 is 58.5. The molecule has 16 heteroatoms. The molecule has 0 aliphatic carbocycles. The number of esters is 1. The molecule has 0 spiro atoms. The number of ether oxygens (including phenoxy) is 1. The number of carbonyl (C=O) groups excluding carboxylic acids is 5. The molecule has 0 saturated heterocycles. The van der Waals surface area contributed by atoms with Gasteiger partial charge in [0.05, 0.1) is 22.9 Å². The van der Waals surface area contributed by atoms with Crippen molar-refractivity contribution in [2.75, 3.05) is 25.6 Å². The summed E-state index contributed by atoms with van der Waals surface area (Å²) in [7, 11) is 0. The first kappa shape index (κ1) is 35.8. The van der Waals surface area contributed by atoms with Gasteiger partial charge in [-0.15, -0.1) is 0 Å². The molecule has 2 atom stereocenters. The van der Waals surface area contributed by atoms with Gasteiger partial charge in [-0.05, 0) is 48.2 Å². The van der Waals surface area contributed by atoms with Crippen LogP contribution in [0.5, 0.6) is 0 Å². The van der Waals surface area contributed by atoms with E-state index in [1.54, 1.807) is 20.8 Å². The number of nitrogens with two attached hydrogens (primary N) is 1. The molecule has 0 bridgehead atoms. The number of carbonyl (C=O) groups is 5. The maximum atomic E-state index is 13.6. The van der Waals surface area contributed by atoms with Crippen LogP contribution in [0.25, 0.3) is 0 Å². The Balaban J connectivity index is 2.49. The van der Waals surface area contributed by atoms with Crippen LogP contribution in [0, 0.1) is 5.41 Å². The highest BCUT2D eigenvalue weighted by atomic mass is 35.5. The van der Waals surface area contributed by atoms with Crippen molar-refractivity contribution in [2.45, 2.75) is 46.0 Å². The van der Waals surface area contributed by atoms with Crippen molar-refractivity contribution in [3.05, 3.63) is 64.2 Å². The van der Waals surface area contributed by atoms with Crippen molar-refractivity contribution < 1.29 is 46.3 Å². The van der Waals surface area contributed by atoms with Crippen LogP contribution in [-0.4, -0.2) is 60.5 Å². The lowest BCUT2D eigenvalue weighted by Gasteiger charge is -2.32. The van der Waals surface area contributed by atoms with Crippen molar-refractivity contribution >= 4 is 46.9 Å². The normalized spacial score (nSPS) is 12.8. The molecular weight excluding hydrogens is 614 g/mol. The third-order valence-electron chi connectivity index (χ3n) is 6.02. The van der Waals surface area contributed by atoms with Crippen molar-refractivity contribution in [3.8, 4) is 0 Å². The number of nitrogens with one attached hydrogen (secondary N) is 3. The standard InChI is InChI=1S/C28H32ClF4N5O6/c1-5-44-21(40)14-38(20(39)13-30)37-25(42)22(15-7-6-8-17(11-15)28(31,32)33)35-26(43)23(27(2,3)4)36-24(41)16-9-10-19(34)18(29)12-16/h6-12,22-23H,5,13-14,34H2,1-4H3,(H,35,43)(H,36,41)(H,37,42)/t22-,23+/m0/s1. The molecule has 2 aromatic carbocycles. The molecule has 0 saturated carbocycles. The number of anilines is 1. The molecule has 0 aliphatic rings. The Labute approximate surface area is 255 Å². The van der Waals surface area contributed by atoms with Crippen molar-refractivity contribution in [3.63, 3.8) is 0 Å². The number of nitrogen functional groups attached to an aromatic ring is 1. The summed E-state index contributed by atoms with van der Waals surface area (Å²) in [4.78, 5) is 64.1. The first-order chi connectivity index (χ1) is 20.4. The Morgan fingerprint density at radius 1 is 1.00 bits per heavy atom. The molecule has 5 N–H and O–H groups in total. The zero-order valence-corrected chi connectivity index (χ0v) is 24.9. The number of alkyl halides is 4. The molecule has 44 heavy (non-hydrogen) atoms. The van der Waals surface area contributed by atoms with Crippen molar-refractivity contribution in [1.82, 2.24) is 21.1 Å². The maximum Gasteiger partial charge on any atom is 0.416 e. The van der Waals surface area contributed by atoms with Gasteiger partial charge < -0.3 is 21.1 Å². The highest BCUT2D eigenvalue weighted by molar-refractivity contribution is 6.33. The third kappa shape index (κ3) is 9.82. The molecule has 0 unspecified atom stereocenters. The SMILES string of the molecule is CCOC(=O)CN(NC(=O)[C@@H](NC(=O)[C@@H](NC(=O)c1ccc(N)c(Cl)c1)C(C)(C)C)c1cccc(C(F)(F)F)c1)C(=O)CF. The van der Waals surface area contributed by atoms with Crippen LogP contribution in [0.3, 0.4) is 0 Å². The summed E-state index contributed by atoms with van der Waals surface area (Å²) >= 11 is 6.00. The van der Waals surface area contributed by atoms with E-state index in [1.807, 2.05) is 5.43 Å². The van der Waals surface area contributed by atoms with E-state index < -0.39 is 72.1 Å². The fourth-order valence-corrected chi connectivity index (χ4v) is 3.95. The molecule has 11 nitrogen and oxygen atoms in total. The molecule has 240 valence electrons. The molecule has 2 aromatic rings. The minimum absolute atomic E-state index is 0.0396. The number of hydrogen-bond donors (Lipinski definition) is 4. The Morgan fingerprint density at radius 2 is 1.66 bits per heavy atom. The van der Waals surface area contributed by atoms with Gasteiger partial charge in [0.25, 0.3) is 17.7 Å². The van der Waals surface area contributed by atoms with Crippen molar-refractivity contribution in [2.24, 2.45) is 5.41 Å². The number of halogens is 5. The van der Waals surface area contributed by atoms with E-state index in [0.717, 1.165) is 18.2 Å². The van der Waals surface area contributed by atoms with E-state index >= 15 is 0 Å². The van der Waals surface area contributed by atoms with Gasteiger partial charge in [-0.1, -0.05) is 44.5 Å². The largest absolute Gasteiger partial charge is 0.465 e. The summed E-state index contributed by atoms with van der Waals surface area (Å²) in [6.07, 6.45) is -4.83. The summed E-state index contributed by atoms with van der Waals surface area (Å²) in [5, 5.41) is 5.19. The molecule has 0 aromatic heterocycles. The lowest BCUT2D eigenvalue weighted by atomic mass is 9.85. The minimum Gasteiger partial charge on any atom is -0.465 e. The van der Waals surface area contributed by atoms with E-state index in [-0.39, 0.29) is 33.5 Å². The Morgan fingerprint density at radius 3 is 2.20 bits per heavy atom. The Bertz CT molecular complexity index is 1400. The molecule has 0 fully saturated rings. The molecule has 2 rings (SSSR count). The number of amides is 4. The minimum atomic E-state index is -4.83. The molecule has 0 aliphatic heterocycles. The highest BCUT2D eigenvalue weighted by Gasteiger charge is 2.37. The predicted octanol–water partition coefficient (Wildman–Crippen LogP) is 3.34. The van der Waals surface area contributed by atoms with Crippen LogP contribution in [0.4, 0.5) is 23.2 Å². The van der Waals surface area contributed by atoms with E-state index in [2.05, 4.69) is 10.6 Å². The van der Waals surface area contributed by atoms with Crippen LogP contribution >= 0.6 is 11.6 Å². The topological polar surface area (TPSA) is 160 Å². The zero-order chi connectivity index (χ0) is 33.4. The van der Waals surface area contributed by atoms with Gasteiger partial charge in [0.1, 0.15) is 18.6 Å². The predicted molar refractivity (Wildman–Crippen MR) is 151 cm³/mol. The van der Waals surface area contributed by atoms with Crippen LogP contribution in [0.1, 0.15) is 55.2 Å². The number of rotatable bonds is 10. The van der Waals surface area contributed by atoms with E-state index in [1.165, 1.54) is 25.1 Å². The first-order valence-corrected chi connectivity index (χ1v) is 13.4. The summed E-state index contributed by atoms with van der Waals surface area (Å²) in [5.74, 6) is -5.45. The average Bonchev–Trinajstić information content (AvgIpc) is 2.94.